The summed E-state index contributed by atoms with van der Waals surface area (Å²) in [5.74, 6) is -0.211. The maximum absolute atomic E-state index is 12.2. The number of hydrogen-bond acceptors (Lipinski definition) is 5. The number of aromatic nitrogens is 2. The van der Waals surface area contributed by atoms with Crippen molar-refractivity contribution in [2.24, 2.45) is 0 Å². The topological polar surface area (TPSA) is 66.9 Å². The van der Waals surface area contributed by atoms with Crippen LogP contribution in [-0.4, -0.2) is 22.4 Å². The number of hydrogen-bond donors (Lipinski definition) is 2. The first-order valence-electron chi connectivity index (χ1n) is 6.76. The highest BCUT2D eigenvalue weighted by Gasteiger charge is 2.18. The van der Waals surface area contributed by atoms with Crippen molar-refractivity contribution in [2.45, 2.75) is 26.2 Å². The van der Waals surface area contributed by atoms with E-state index in [1.807, 2.05) is 13.0 Å². The molecule has 2 aromatic heterocycles. The zero-order valence-corrected chi connectivity index (χ0v) is 12.1. The van der Waals surface area contributed by atoms with Crippen LogP contribution in [0, 0.1) is 0 Å². The van der Waals surface area contributed by atoms with E-state index in [2.05, 4.69) is 20.6 Å². The van der Waals surface area contributed by atoms with Crippen molar-refractivity contribution in [3.05, 3.63) is 34.6 Å². The van der Waals surface area contributed by atoms with Gasteiger partial charge in [0, 0.05) is 23.3 Å². The Labute approximate surface area is 121 Å². The van der Waals surface area contributed by atoms with Crippen molar-refractivity contribution in [2.75, 3.05) is 17.2 Å². The molecule has 0 fully saturated rings. The number of anilines is 2. The Bertz CT molecular complexity index is 616. The first kappa shape index (κ1) is 13.1. The number of nitrogens with one attached hydrogen (secondary N) is 2. The molecule has 6 heteroatoms. The van der Waals surface area contributed by atoms with Gasteiger partial charge in [-0.3, -0.25) is 15.1 Å². The zero-order chi connectivity index (χ0) is 13.9. The second-order valence-corrected chi connectivity index (χ2v) is 5.74. The molecule has 0 radical (unpaired) electrons. The lowest BCUT2D eigenvalue weighted by molar-refractivity contribution is 0.102. The first-order chi connectivity index (χ1) is 9.76. The summed E-state index contributed by atoms with van der Waals surface area (Å²) < 4.78 is 0. The van der Waals surface area contributed by atoms with Crippen LogP contribution in [0.1, 0.15) is 34.4 Å². The largest absolute Gasteiger partial charge is 0.385 e. The normalized spacial score (nSPS) is 13.1. The molecular weight excluding hydrogens is 272 g/mol. The minimum absolute atomic E-state index is 0.211. The van der Waals surface area contributed by atoms with Gasteiger partial charge in [-0.1, -0.05) is 0 Å². The van der Waals surface area contributed by atoms with E-state index in [9.17, 15) is 4.79 Å². The van der Waals surface area contributed by atoms with Crippen LogP contribution in [0.25, 0.3) is 0 Å². The highest BCUT2D eigenvalue weighted by atomic mass is 32.1. The second kappa shape index (κ2) is 5.58. The third-order valence-electron chi connectivity index (χ3n) is 3.19. The van der Waals surface area contributed by atoms with E-state index < -0.39 is 0 Å². The van der Waals surface area contributed by atoms with E-state index in [0.717, 1.165) is 30.8 Å². The fourth-order valence-electron chi connectivity index (χ4n) is 2.27. The van der Waals surface area contributed by atoms with E-state index in [-0.39, 0.29) is 5.91 Å². The lowest BCUT2D eigenvalue weighted by atomic mass is 10.3. The Morgan fingerprint density at radius 1 is 1.45 bits per heavy atom. The molecule has 2 aromatic rings. The van der Waals surface area contributed by atoms with Crippen LogP contribution >= 0.6 is 11.3 Å². The number of carbonyl (C=O) groups excluding carboxylic acids is 1. The number of thiazole rings is 1. The van der Waals surface area contributed by atoms with Crippen LogP contribution in [-0.2, 0) is 12.8 Å². The minimum atomic E-state index is -0.211. The molecule has 104 valence electrons. The maximum atomic E-state index is 12.2. The molecule has 0 aliphatic heterocycles. The number of pyridine rings is 1. The summed E-state index contributed by atoms with van der Waals surface area (Å²) in [7, 11) is 0. The highest BCUT2D eigenvalue weighted by Crippen LogP contribution is 2.30. The molecule has 0 unspecified atom stereocenters. The number of nitrogens with zero attached hydrogens (tertiary/aromatic N) is 2. The average molecular weight is 288 g/mol. The number of aryl methyl sites for hydroxylation is 2. The molecule has 0 atom stereocenters. The molecule has 5 nitrogen and oxygen atoms in total. The number of rotatable bonds is 4. The lowest BCUT2D eigenvalue weighted by Crippen LogP contribution is -2.14. The smallest absolute Gasteiger partial charge is 0.276 e. The van der Waals surface area contributed by atoms with Crippen LogP contribution in [0.15, 0.2) is 18.3 Å². The molecule has 0 saturated carbocycles. The fraction of sp³-hybridized carbons (Fsp3) is 0.357. The number of amides is 1. The van der Waals surface area contributed by atoms with E-state index in [1.54, 1.807) is 23.6 Å². The van der Waals surface area contributed by atoms with Gasteiger partial charge in [-0.15, -0.1) is 11.3 Å². The maximum Gasteiger partial charge on any atom is 0.276 e. The molecule has 2 heterocycles. The molecular formula is C14H16N4OS. The molecule has 0 aromatic carbocycles. The highest BCUT2D eigenvalue weighted by molar-refractivity contribution is 7.15. The van der Waals surface area contributed by atoms with Gasteiger partial charge in [0.1, 0.15) is 5.69 Å². The summed E-state index contributed by atoms with van der Waals surface area (Å²) >= 11 is 1.57. The SMILES string of the molecule is CCNc1ccnc(C(=O)Nc2nc3c(s2)CCC3)c1. The second-order valence-electron chi connectivity index (χ2n) is 4.66. The molecule has 1 amide bonds. The summed E-state index contributed by atoms with van der Waals surface area (Å²) in [6, 6.07) is 3.60. The van der Waals surface area contributed by atoms with Crippen LogP contribution in [0.2, 0.25) is 0 Å². The van der Waals surface area contributed by atoms with Crippen LogP contribution < -0.4 is 10.6 Å². The Hall–Kier alpha value is -1.95. The van der Waals surface area contributed by atoms with Gasteiger partial charge >= 0.3 is 0 Å². The van der Waals surface area contributed by atoms with Crippen molar-refractivity contribution in [3.8, 4) is 0 Å². The first-order valence-corrected chi connectivity index (χ1v) is 7.58. The minimum Gasteiger partial charge on any atom is -0.385 e. The fourth-order valence-corrected chi connectivity index (χ4v) is 3.32. The average Bonchev–Trinajstić information content (AvgIpc) is 3.00. The molecule has 2 N–H and O–H groups in total. The number of carbonyl (C=O) groups is 1. The molecule has 1 aliphatic carbocycles. The summed E-state index contributed by atoms with van der Waals surface area (Å²) in [5.41, 5.74) is 2.44. The lowest BCUT2D eigenvalue weighted by Gasteiger charge is -2.05. The van der Waals surface area contributed by atoms with Gasteiger partial charge in [0.15, 0.2) is 5.13 Å². The quantitative estimate of drug-likeness (QED) is 0.907. The summed E-state index contributed by atoms with van der Waals surface area (Å²) in [6.07, 6.45) is 4.91. The van der Waals surface area contributed by atoms with E-state index in [0.29, 0.717) is 10.8 Å². The van der Waals surface area contributed by atoms with Gasteiger partial charge < -0.3 is 5.32 Å². The Balaban J connectivity index is 1.73. The van der Waals surface area contributed by atoms with Gasteiger partial charge in [0.25, 0.3) is 5.91 Å². The standard InChI is InChI=1S/C14H16N4OS/c1-2-15-9-6-7-16-11(8-9)13(19)18-14-17-10-4-3-5-12(10)20-14/h6-8H,2-5H2,1H3,(H,15,16)(H,17,18,19). The predicted molar refractivity (Wildman–Crippen MR) is 80.5 cm³/mol. The van der Waals surface area contributed by atoms with Crippen LogP contribution in [0.3, 0.4) is 0 Å². The summed E-state index contributed by atoms with van der Waals surface area (Å²) in [4.78, 5) is 22.0. The van der Waals surface area contributed by atoms with Crippen molar-refractivity contribution in [1.82, 2.24) is 9.97 Å². The number of fused-ring (bicyclic) bond motifs is 1. The molecule has 1 aliphatic rings. The summed E-state index contributed by atoms with van der Waals surface area (Å²) in [5, 5.41) is 6.68. The van der Waals surface area contributed by atoms with Crippen LogP contribution in [0.4, 0.5) is 10.8 Å². The van der Waals surface area contributed by atoms with Gasteiger partial charge in [-0.2, -0.15) is 0 Å². The van der Waals surface area contributed by atoms with Gasteiger partial charge in [0.05, 0.1) is 5.69 Å². The van der Waals surface area contributed by atoms with E-state index in [1.165, 1.54) is 11.3 Å². The van der Waals surface area contributed by atoms with Crippen molar-refractivity contribution in [3.63, 3.8) is 0 Å². The third-order valence-corrected chi connectivity index (χ3v) is 4.26. The van der Waals surface area contributed by atoms with Crippen molar-refractivity contribution >= 4 is 28.1 Å². The van der Waals surface area contributed by atoms with E-state index in [4.69, 9.17) is 0 Å². The van der Waals surface area contributed by atoms with Crippen molar-refractivity contribution in [1.29, 1.82) is 0 Å². The van der Waals surface area contributed by atoms with Gasteiger partial charge in [-0.25, -0.2) is 4.98 Å². The Morgan fingerprint density at radius 2 is 2.35 bits per heavy atom. The molecule has 0 saturated heterocycles. The van der Waals surface area contributed by atoms with Crippen molar-refractivity contribution < 1.29 is 4.79 Å². The molecule has 0 bridgehead atoms. The predicted octanol–water partition coefficient (Wildman–Crippen LogP) is 2.71. The molecule has 3 rings (SSSR count). The van der Waals surface area contributed by atoms with Crippen LogP contribution in [0.5, 0.6) is 0 Å². The third kappa shape index (κ3) is 2.65. The Morgan fingerprint density at radius 3 is 3.15 bits per heavy atom. The monoisotopic (exact) mass is 288 g/mol. The van der Waals surface area contributed by atoms with Gasteiger partial charge in [-0.05, 0) is 38.3 Å². The molecule has 0 spiro atoms. The summed E-state index contributed by atoms with van der Waals surface area (Å²) in [6.45, 7) is 2.82. The molecule has 20 heavy (non-hydrogen) atoms. The van der Waals surface area contributed by atoms with E-state index >= 15 is 0 Å². The zero-order valence-electron chi connectivity index (χ0n) is 11.3. The van der Waals surface area contributed by atoms with Gasteiger partial charge in [0.2, 0.25) is 0 Å². The Kier molecular flexibility index (Phi) is 3.64.